The Labute approximate surface area is 159 Å². The van der Waals surface area contributed by atoms with Crippen LogP contribution in [0.15, 0.2) is 42.5 Å². The number of nitrogens with zero attached hydrogens (tertiary/aromatic N) is 2. The highest BCUT2D eigenvalue weighted by Gasteiger charge is 2.10. The van der Waals surface area contributed by atoms with Gasteiger partial charge in [0.15, 0.2) is 0 Å². The SMILES string of the molecule is O=C(NCCc1ccc(O)cc1)c1cccc(NCCN2CCOCC2)n1. The summed E-state index contributed by atoms with van der Waals surface area (Å²) in [5, 5.41) is 15.4. The molecule has 3 rings (SSSR count). The molecule has 2 aromatic rings. The summed E-state index contributed by atoms with van der Waals surface area (Å²) in [7, 11) is 0. The number of pyridine rings is 1. The normalized spacial score (nSPS) is 14.7. The van der Waals surface area contributed by atoms with Gasteiger partial charge in [0, 0.05) is 32.7 Å². The van der Waals surface area contributed by atoms with Crippen LogP contribution in [-0.4, -0.2) is 66.8 Å². The van der Waals surface area contributed by atoms with Crippen molar-refractivity contribution >= 4 is 11.7 Å². The van der Waals surface area contributed by atoms with Crippen LogP contribution in [-0.2, 0) is 11.2 Å². The van der Waals surface area contributed by atoms with Crippen molar-refractivity contribution in [3.05, 3.63) is 53.7 Å². The summed E-state index contributed by atoms with van der Waals surface area (Å²) >= 11 is 0. The van der Waals surface area contributed by atoms with E-state index in [4.69, 9.17) is 4.74 Å². The van der Waals surface area contributed by atoms with E-state index >= 15 is 0 Å². The number of hydrogen-bond acceptors (Lipinski definition) is 6. The molecule has 1 aliphatic heterocycles. The molecule has 0 unspecified atom stereocenters. The number of benzene rings is 1. The fourth-order valence-corrected chi connectivity index (χ4v) is 2.90. The Morgan fingerprint density at radius 3 is 2.67 bits per heavy atom. The van der Waals surface area contributed by atoms with Crippen LogP contribution in [0.1, 0.15) is 16.1 Å². The largest absolute Gasteiger partial charge is 0.508 e. The van der Waals surface area contributed by atoms with Gasteiger partial charge >= 0.3 is 0 Å². The lowest BCUT2D eigenvalue weighted by molar-refractivity contribution is 0.0398. The topological polar surface area (TPSA) is 86.7 Å². The number of anilines is 1. The second-order valence-corrected chi connectivity index (χ2v) is 6.46. The third kappa shape index (κ3) is 6.23. The highest BCUT2D eigenvalue weighted by Crippen LogP contribution is 2.10. The standard InChI is InChI=1S/C20H26N4O3/c25-17-6-4-16(5-7-17)8-9-22-20(26)18-2-1-3-19(23-18)21-10-11-24-12-14-27-15-13-24/h1-7,25H,8-15H2,(H,21,23)(H,22,26). The van der Waals surface area contributed by atoms with Gasteiger partial charge in [-0.25, -0.2) is 4.98 Å². The molecule has 2 heterocycles. The zero-order valence-corrected chi connectivity index (χ0v) is 15.4. The molecule has 7 heteroatoms. The van der Waals surface area contributed by atoms with Crippen molar-refractivity contribution in [2.75, 3.05) is 51.3 Å². The maximum Gasteiger partial charge on any atom is 0.269 e. The predicted molar refractivity (Wildman–Crippen MR) is 104 cm³/mol. The minimum Gasteiger partial charge on any atom is -0.508 e. The molecule has 144 valence electrons. The van der Waals surface area contributed by atoms with Crippen molar-refractivity contribution in [1.29, 1.82) is 0 Å². The molecule has 3 N–H and O–H groups in total. The van der Waals surface area contributed by atoms with Crippen LogP contribution in [0.4, 0.5) is 5.82 Å². The summed E-state index contributed by atoms with van der Waals surface area (Å²) < 4.78 is 5.34. The number of phenols is 1. The molecule has 0 saturated carbocycles. The van der Waals surface area contributed by atoms with E-state index in [9.17, 15) is 9.90 Å². The lowest BCUT2D eigenvalue weighted by Crippen LogP contribution is -2.39. The Hall–Kier alpha value is -2.64. The van der Waals surface area contributed by atoms with Crippen molar-refractivity contribution < 1.29 is 14.6 Å². The maximum absolute atomic E-state index is 12.3. The molecule has 0 atom stereocenters. The average Bonchev–Trinajstić information content (AvgIpc) is 2.70. The summed E-state index contributed by atoms with van der Waals surface area (Å²) in [6.07, 6.45) is 0.698. The molecule has 1 aliphatic rings. The first-order chi connectivity index (χ1) is 13.2. The highest BCUT2D eigenvalue weighted by molar-refractivity contribution is 5.92. The molecular weight excluding hydrogens is 344 g/mol. The molecule has 0 radical (unpaired) electrons. The quantitative estimate of drug-likeness (QED) is 0.653. The Morgan fingerprint density at radius 2 is 1.89 bits per heavy atom. The predicted octanol–water partition coefficient (Wildman–Crippen LogP) is 1.50. The number of rotatable bonds is 8. The van der Waals surface area contributed by atoms with Crippen molar-refractivity contribution in [2.24, 2.45) is 0 Å². The minimum absolute atomic E-state index is 0.189. The van der Waals surface area contributed by atoms with Gasteiger partial charge in [0.1, 0.15) is 17.3 Å². The van der Waals surface area contributed by atoms with E-state index in [2.05, 4.69) is 20.5 Å². The molecule has 1 saturated heterocycles. The Morgan fingerprint density at radius 1 is 1.11 bits per heavy atom. The summed E-state index contributed by atoms with van der Waals surface area (Å²) in [6.45, 7) is 5.71. The van der Waals surface area contributed by atoms with Crippen molar-refractivity contribution in [3.8, 4) is 5.75 Å². The molecule has 7 nitrogen and oxygen atoms in total. The van der Waals surface area contributed by atoms with Gasteiger partial charge in [-0.05, 0) is 36.2 Å². The van der Waals surface area contributed by atoms with Crippen LogP contribution in [0.2, 0.25) is 0 Å². The van der Waals surface area contributed by atoms with Gasteiger partial charge in [-0.3, -0.25) is 9.69 Å². The fourth-order valence-electron chi connectivity index (χ4n) is 2.90. The Balaban J connectivity index is 1.42. The smallest absolute Gasteiger partial charge is 0.269 e. The van der Waals surface area contributed by atoms with Crippen LogP contribution in [0.5, 0.6) is 5.75 Å². The Kier molecular flexibility index (Phi) is 7.01. The first-order valence-electron chi connectivity index (χ1n) is 9.28. The maximum atomic E-state index is 12.3. The number of aromatic nitrogens is 1. The first-order valence-corrected chi connectivity index (χ1v) is 9.28. The average molecular weight is 370 g/mol. The van der Waals surface area contributed by atoms with Gasteiger partial charge in [0.2, 0.25) is 0 Å². The van der Waals surface area contributed by atoms with Crippen LogP contribution >= 0.6 is 0 Å². The molecule has 0 bridgehead atoms. The van der Waals surface area contributed by atoms with Gasteiger partial charge in [0.25, 0.3) is 5.91 Å². The van der Waals surface area contributed by atoms with Gasteiger partial charge in [-0.2, -0.15) is 0 Å². The Bertz CT molecular complexity index is 730. The lowest BCUT2D eigenvalue weighted by atomic mass is 10.1. The number of hydrogen-bond donors (Lipinski definition) is 3. The van der Waals surface area contributed by atoms with E-state index in [0.717, 1.165) is 45.0 Å². The third-order valence-electron chi connectivity index (χ3n) is 4.46. The van der Waals surface area contributed by atoms with E-state index in [1.807, 2.05) is 24.3 Å². The summed E-state index contributed by atoms with van der Waals surface area (Å²) in [5.74, 6) is 0.755. The number of carbonyl (C=O) groups is 1. The molecule has 1 aromatic heterocycles. The van der Waals surface area contributed by atoms with Crippen LogP contribution < -0.4 is 10.6 Å². The number of nitrogens with one attached hydrogen (secondary N) is 2. The van der Waals surface area contributed by atoms with Gasteiger partial charge < -0.3 is 20.5 Å². The van der Waals surface area contributed by atoms with E-state index < -0.39 is 0 Å². The third-order valence-corrected chi connectivity index (χ3v) is 4.46. The molecule has 0 aliphatic carbocycles. The molecule has 0 spiro atoms. The zero-order chi connectivity index (χ0) is 18.9. The summed E-state index contributed by atoms with van der Waals surface area (Å²) in [4.78, 5) is 19.0. The van der Waals surface area contributed by atoms with Crippen LogP contribution in [0.3, 0.4) is 0 Å². The van der Waals surface area contributed by atoms with Crippen LogP contribution in [0, 0.1) is 0 Å². The van der Waals surface area contributed by atoms with Crippen LogP contribution in [0.25, 0.3) is 0 Å². The number of amides is 1. The monoisotopic (exact) mass is 370 g/mol. The number of ether oxygens (including phenoxy) is 1. The number of carbonyl (C=O) groups excluding carboxylic acids is 1. The van der Waals surface area contributed by atoms with E-state index in [1.165, 1.54) is 0 Å². The van der Waals surface area contributed by atoms with E-state index in [-0.39, 0.29) is 11.7 Å². The number of aromatic hydroxyl groups is 1. The zero-order valence-electron chi connectivity index (χ0n) is 15.4. The van der Waals surface area contributed by atoms with Gasteiger partial charge in [-0.15, -0.1) is 0 Å². The van der Waals surface area contributed by atoms with Gasteiger partial charge in [0.05, 0.1) is 13.2 Å². The van der Waals surface area contributed by atoms with Crippen molar-refractivity contribution in [3.63, 3.8) is 0 Å². The fraction of sp³-hybridized carbons (Fsp3) is 0.400. The second kappa shape index (κ2) is 9.89. The minimum atomic E-state index is -0.189. The summed E-state index contributed by atoms with van der Waals surface area (Å²) in [5.41, 5.74) is 1.46. The van der Waals surface area contributed by atoms with Crippen molar-refractivity contribution in [1.82, 2.24) is 15.2 Å². The van der Waals surface area contributed by atoms with E-state index in [1.54, 1.807) is 18.2 Å². The molecule has 27 heavy (non-hydrogen) atoms. The van der Waals surface area contributed by atoms with Gasteiger partial charge in [-0.1, -0.05) is 18.2 Å². The number of phenolic OH excluding ortho intramolecular Hbond substituents is 1. The molecule has 1 aromatic carbocycles. The first kappa shape index (κ1) is 19.1. The molecule has 1 amide bonds. The van der Waals surface area contributed by atoms with E-state index in [0.29, 0.717) is 24.5 Å². The summed E-state index contributed by atoms with van der Waals surface area (Å²) in [6, 6.07) is 12.4. The number of morpholine rings is 1. The highest BCUT2D eigenvalue weighted by atomic mass is 16.5. The second-order valence-electron chi connectivity index (χ2n) is 6.46. The molecular formula is C20H26N4O3. The van der Waals surface area contributed by atoms with Crippen molar-refractivity contribution in [2.45, 2.75) is 6.42 Å². The molecule has 1 fully saturated rings. The lowest BCUT2D eigenvalue weighted by Gasteiger charge is -2.26.